The van der Waals surface area contributed by atoms with Gasteiger partial charge in [0, 0.05) is 17.2 Å². The molecule has 0 saturated heterocycles. The number of thiophene rings is 1. The van der Waals surface area contributed by atoms with Gasteiger partial charge in [0.15, 0.2) is 0 Å². The second-order valence-electron chi connectivity index (χ2n) is 11.0. The van der Waals surface area contributed by atoms with Gasteiger partial charge in [-0.05, 0) is 65.7 Å². The summed E-state index contributed by atoms with van der Waals surface area (Å²) < 4.78 is 22.9. The third kappa shape index (κ3) is 6.01. The van der Waals surface area contributed by atoms with Crippen LogP contribution >= 0.6 is 11.3 Å². The fraction of sp³-hybridized carbons (Fsp3) is 0.400. The Kier molecular flexibility index (Phi) is 9.01. The number of halogens is 1. The number of carbonyl (C=O) groups excluding carboxylic acids is 1. The summed E-state index contributed by atoms with van der Waals surface area (Å²) in [4.78, 5) is 43.5. The lowest BCUT2D eigenvalue weighted by Gasteiger charge is -2.28. The van der Waals surface area contributed by atoms with E-state index in [0.29, 0.717) is 27.4 Å². The number of nitrogens with one attached hydrogen (secondary N) is 1. The van der Waals surface area contributed by atoms with Crippen LogP contribution in [0.15, 0.2) is 52.0 Å². The zero-order valence-electron chi connectivity index (χ0n) is 25.1. The number of nitriles is 1. The van der Waals surface area contributed by atoms with Gasteiger partial charge in [0.25, 0.3) is 5.56 Å². The Hall–Kier alpha value is -4.57. The molecular formula is C30H34FN7O4S. The molecule has 1 N–H and O–H groups in total. The maximum absolute atomic E-state index is 14.6. The van der Waals surface area contributed by atoms with Gasteiger partial charge >= 0.3 is 5.69 Å². The number of amides is 1. The molecule has 4 aromatic rings. The van der Waals surface area contributed by atoms with Crippen molar-refractivity contribution in [2.75, 3.05) is 0 Å². The number of benzene rings is 1. The minimum atomic E-state index is -1.58. The third-order valence-corrected chi connectivity index (χ3v) is 8.37. The van der Waals surface area contributed by atoms with Gasteiger partial charge in [-0.15, -0.1) is 4.80 Å². The van der Waals surface area contributed by atoms with Gasteiger partial charge < -0.3 is 10.1 Å². The van der Waals surface area contributed by atoms with Crippen molar-refractivity contribution < 1.29 is 13.9 Å². The molecular weight excluding hydrogens is 573 g/mol. The van der Waals surface area contributed by atoms with Crippen molar-refractivity contribution in [3.05, 3.63) is 85.8 Å². The van der Waals surface area contributed by atoms with Gasteiger partial charge in [-0.2, -0.15) is 15.5 Å². The second-order valence-corrected chi connectivity index (χ2v) is 12.0. The molecule has 3 aromatic heterocycles. The predicted molar refractivity (Wildman–Crippen MR) is 162 cm³/mol. The molecule has 0 unspecified atom stereocenters. The Balaban J connectivity index is 2.06. The molecule has 0 aliphatic carbocycles. The van der Waals surface area contributed by atoms with Gasteiger partial charge in [0.05, 0.1) is 42.2 Å². The zero-order valence-corrected chi connectivity index (χ0v) is 26.0. The van der Waals surface area contributed by atoms with Crippen molar-refractivity contribution in [3.63, 3.8) is 0 Å². The number of aryl methyl sites for hydroxylation is 2. The summed E-state index contributed by atoms with van der Waals surface area (Å²) in [5.74, 6) is -0.997. The molecule has 0 fully saturated rings. The topological polar surface area (TPSA) is 137 Å². The fourth-order valence-corrected chi connectivity index (χ4v) is 6.04. The first-order valence-corrected chi connectivity index (χ1v) is 14.6. The van der Waals surface area contributed by atoms with Crippen LogP contribution in [0.4, 0.5) is 4.39 Å². The molecule has 1 amide bonds. The third-order valence-electron chi connectivity index (χ3n) is 7.09. The Labute approximate surface area is 251 Å². The van der Waals surface area contributed by atoms with Crippen molar-refractivity contribution in [2.24, 2.45) is 0 Å². The minimum Gasteiger partial charge on any atom is -0.490 e. The van der Waals surface area contributed by atoms with Gasteiger partial charge in [0.2, 0.25) is 5.91 Å². The molecule has 226 valence electrons. The average molecular weight is 608 g/mol. The number of hydrogen-bond acceptors (Lipinski definition) is 8. The van der Waals surface area contributed by atoms with Crippen molar-refractivity contribution in [1.82, 2.24) is 29.4 Å². The van der Waals surface area contributed by atoms with E-state index in [2.05, 4.69) is 15.5 Å². The highest BCUT2D eigenvalue weighted by molar-refractivity contribution is 7.21. The SMILES string of the molecule is CCc1ccc(F)cc1[C@H](Cn1c(=O)n(C(C)(C)C(=O)NC(C)C)c(=O)c2c(C)c(-n3nccn3)sc21)O/C=C(\C)C#N. The normalized spacial score (nSPS) is 12.9. The van der Waals surface area contributed by atoms with Crippen LogP contribution in [0.1, 0.15) is 64.3 Å². The van der Waals surface area contributed by atoms with E-state index in [9.17, 15) is 24.0 Å². The molecule has 11 nitrogen and oxygen atoms in total. The van der Waals surface area contributed by atoms with Gasteiger partial charge in [-0.1, -0.05) is 24.3 Å². The highest BCUT2D eigenvalue weighted by Crippen LogP contribution is 2.33. The maximum atomic E-state index is 14.6. The first kappa shape index (κ1) is 31.4. The molecule has 4 rings (SSSR count). The summed E-state index contributed by atoms with van der Waals surface area (Å²) in [6, 6.07) is 6.11. The average Bonchev–Trinajstić information content (AvgIpc) is 3.60. The van der Waals surface area contributed by atoms with Crippen LogP contribution in [0.5, 0.6) is 0 Å². The van der Waals surface area contributed by atoms with E-state index >= 15 is 0 Å². The molecule has 1 aromatic carbocycles. The summed E-state index contributed by atoms with van der Waals surface area (Å²) >= 11 is 1.14. The lowest BCUT2D eigenvalue weighted by atomic mass is 9.99. The molecule has 1 atom stereocenters. The smallest absolute Gasteiger partial charge is 0.333 e. The zero-order chi connectivity index (χ0) is 31.6. The van der Waals surface area contributed by atoms with Gasteiger partial charge in [-0.25, -0.2) is 13.8 Å². The van der Waals surface area contributed by atoms with Crippen LogP contribution in [0.25, 0.3) is 15.2 Å². The first-order valence-electron chi connectivity index (χ1n) is 13.8. The van der Waals surface area contributed by atoms with E-state index in [0.717, 1.165) is 21.5 Å². The summed E-state index contributed by atoms with van der Waals surface area (Å²) in [5.41, 5.74) is -0.882. The van der Waals surface area contributed by atoms with Gasteiger partial charge in [0.1, 0.15) is 27.3 Å². The monoisotopic (exact) mass is 607 g/mol. The molecule has 0 bridgehead atoms. The number of fused-ring (bicyclic) bond motifs is 1. The van der Waals surface area contributed by atoms with Crippen LogP contribution in [-0.4, -0.2) is 36.1 Å². The Morgan fingerprint density at radius 1 is 1.26 bits per heavy atom. The predicted octanol–water partition coefficient (Wildman–Crippen LogP) is 4.26. The van der Waals surface area contributed by atoms with Crippen LogP contribution < -0.4 is 16.6 Å². The number of hydrogen-bond donors (Lipinski definition) is 1. The number of rotatable bonds is 10. The fourth-order valence-electron chi connectivity index (χ4n) is 4.82. The van der Waals surface area contributed by atoms with Crippen molar-refractivity contribution in [3.8, 4) is 11.1 Å². The van der Waals surface area contributed by atoms with Gasteiger partial charge in [-0.3, -0.25) is 14.2 Å². The van der Waals surface area contributed by atoms with E-state index < -0.39 is 34.6 Å². The van der Waals surface area contributed by atoms with Crippen LogP contribution in [0.3, 0.4) is 0 Å². The second kappa shape index (κ2) is 12.3. The van der Waals surface area contributed by atoms with Crippen molar-refractivity contribution in [1.29, 1.82) is 5.26 Å². The Morgan fingerprint density at radius 2 is 1.93 bits per heavy atom. The van der Waals surface area contributed by atoms with E-state index in [1.54, 1.807) is 33.8 Å². The number of nitrogens with zero attached hydrogens (tertiary/aromatic N) is 6. The number of carbonyl (C=O) groups is 1. The van der Waals surface area contributed by atoms with E-state index in [1.807, 2.05) is 13.0 Å². The van der Waals surface area contributed by atoms with Crippen LogP contribution in [-0.2, 0) is 28.0 Å². The molecule has 13 heteroatoms. The van der Waals surface area contributed by atoms with E-state index in [4.69, 9.17) is 4.74 Å². The van der Waals surface area contributed by atoms with E-state index in [1.165, 1.54) is 54.0 Å². The maximum Gasteiger partial charge on any atom is 0.333 e. The Morgan fingerprint density at radius 3 is 2.53 bits per heavy atom. The summed E-state index contributed by atoms with van der Waals surface area (Å²) in [5, 5.41) is 21.3. The molecule has 43 heavy (non-hydrogen) atoms. The summed E-state index contributed by atoms with van der Waals surface area (Å²) in [7, 11) is 0. The largest absolute Gasteiger partial charge is 0.490 e. The summed E-state index contributed by atoms with van der Waals surface area (Å²) in [6.45, 7) is 11.6. The van der Waals surface area contributed by atoms with Crippen LogP contribution in [0.2, 0.25) is 0 Å². The standard InChI is InChI=1S/C30H34FN7O4S/c1-8-20-9-10-21(31)13-22(20)23(42-16-18(4)14-32)15-36-27-24(19(5)26(43-27)38-33-11-12-34-38)25(39)37(29(36)41)30(6,7)28(40)35-17(2)3/h9-13,16-17,23H,8,15H2,1-7H3,(H,35,40)/b18-16+/t23-/m0/s1. The molecule has 3 heterocycles. The lowest BCUT2D eigenvalue weighted by molar-refractivity contribution is -0.129. The summed E-state index contributed by atoms with van der Waals surface area (Å²) in [6.07, 6.45) is 3.89. The number of ether oxygens (including phenoxy) is 1. The highest BCUT2D eigenvalue weighted by atomic mass is 32.1. The quantitative estimate of drug-likeness (QED) is 0.210. The van der Waals surface area contributed by atoms with E-state index in [-0.39, 0.29) is 23.5 Å². The molecule has 0 saturated carbocycles. The number of aromatic nitrogens is 5. The Bertz CT molecular complexity index is 1860. The number of allylic oxidation sites excluding steroid dienone is 1. The molecule has 0 spiro atoms. The highest BCUT2D eigenvalue weighted by Gasteiger charge is 2.36. The molecule has 0 radical (unpaired) electrons. The lowest BCUT2D eigenvalue weighted by Crippen LogP contribution is -2.56. The minimum absolute atomic E-state index is 0.158. The van der Waals surface area contributed by atoms with Crippen molar-refractivity contribution in [2.45, 2.75) is 79.1 Å². The molecule has 0 aliphatic heterocycles. The molecule has 0 aliphatic rings. The van der Waals surface area contributed by atoms with Crippen molar-refractivity contribution >= 4 is 27.5 Å². The van der Waals surface area contributed by atoms with Crippen LogP contribution in [0, 0.1) is 24.1 Å². The first-order chi connectivity index (χ1) is 20.3.